The Bertz CT molecular complexity index is 1500. The van der Waals surface area contributed by atoms with Gasteiger partial charge in [-0.3, -0.25) is 4.79 Å². The lowest BCUT2D eigenvalue weighted by Crippen LogP contribution is -2.14. The fourth-order valence-corrected chi connectivity index (χ4v) is 4.25. The van der Waals surface area contributed by atoms with Gasteiger partial charge in [0.1, 0.15) is 0 Å². The summed E-state index contributed by atoms with van der Waals surface area (Å²) in [5, 5.41) is 21.2. The minimum Gasteiger partial charge on any atom is -0.494 e. The summed E-state index contributed by atoms with van der Waals surface area (Å²) in [6, 6.07) is 20.1. The van der Waals surface area contributed by atoms with Gasteiger partial charge in [-0.1, -0.05) is 36.4 Å². The van der Waals surface area contributed by atoms with Crippen molar-refractivity contribution in [3.63, 3.8) is 0 Å². The van der Waals surface area contributed by atoms with Crippen molar-refractivity contribution in [2.24, 2.45) is 4.99 Å². The van der Waals surface area contributed by atoms with E-state index in [4.69, 9.17) is 9.73 Å². The first kappa shape index (κ1) is 26.6. The van der Waals surface area contributed by atoms with E-state index in [1.165, 1.54) is 12.7 Å². The van der Waals surface area contributed by atoms with E-state index in [2.05, 4.69) is 9.88 Å². The molecule has 8 heteroatoms. The average molecular weight is 514 g/mol. The van der Waals surface area contributed by atoms with Crippen LogP contribution >= 0.6 is 0 Å². The number of aromatic nitrogens is 1. The quantitative estimate of drug-likeness (QED) is 0.211. The number of carboxylic acid groups (broad SMARTS) is 1. The van der Waals surface area contributed by atoms with Gasteiger partial charge in [0.2, 0.25) is 0 Å². The molecule has 196 valence electrons. The molecule has 3 N–H and O–H groups in total. The SMILES string of the molecule is COC(=O)c1ccc2c(C(=Nc3ccc(CCN(C)C)cc3)c3cccc(C(C)C(=O)O)c3)c(O)[nH]c2c1. The predicted octanol–water partition coefficient (Wildman–Crippen LogP) is 5.12. The van der Waals surface area contributed by atoms with E-state index in [9.17, 15) is 19.8 Å². The highest BCUT2D eigenvalue weighted by molar-refractivity contribution is 6.22. The van der Waals surface area contributed by atoms with Crippen molar-refractivity contribution >= 4 is 34.2 Å². The third-order valence-corrected chi connectivity index (χ3v) is 6.49. The van der Waals surface area contributed by atoms with Crippen molar-refractivity contribution in [2.45, 2.75) is 19.3 Å². The maximum Gasteiger partial charge on any atom is 0.337 e. The van der Waals surface area contributed by atoms with E-state index in [0.717, 1.165) is 13.0 Å². The summed E-state index contributed by atoms with van der Waals surface area (Å²) in [5.41, 5.74) is 4.95. The number of aliphatic carboxylic acids is 1. The molecule has 0 aliphatic heterocycles. The van der Waals surface area contributed by atoms with Gasteiger partial charge in [0.25, 0.3) is 0 Å². The molecule has 1 atom stereocenters. The van der Waals surface area contributed by atoms with E-state index in [1.54, 1.807) is 43.3 Å². The van der Waals surface area contributed by atoms with Crippen LogP contribution in [0.1, 0.15) is 45.5 Å². The Morgan fingerprint density at radius 1 is 1.03 bits per heavy atom. The number of aromatic hydroxyl groups is 1. The summed E-state index contributed by atoms with van der Waals surface area (Å²) in [7, 11) is 5.38. The number of hydrogen-bond donors (Lipinski definition) is 3. The number of aromatic amines is 1. The van der Waals surface area contributed by atoms with Gasteiger partial charge in [0.15, 0.2) is 5.88 Å². The van der Waals surface area contributed by atoms with E-state index in [1.807, 2.05) is 44.4 Å². The standard InChI is InChI=1S/C30H31N3O5/c1-18(29(35)36)20-6-5-7-21(16-20)27(31-23-11-8-19(9-12-23)14-15-33(2)3)26-24-13-10-22(30(37)38-4)17-25(24)32-28(26)34/h5-13,16-18,32,34H,14-15H2,1-4H3,(H,35,36). The molecule has 0 bridgehead atoms. The maximum atomic E-state index is 12.0. The number of nitrogens with zero attached hydrogens (tertiary/aromatic N) is 2. The average Bonchev–Trinajstić information content (AvgIpc) is 3.24. The molecule has 0 fully saturated rings. The molecule has 0 saturated carbocycles. The zero-order valence-electron chi connectivity index (χ0n) is 21.9. The molecule has 38 heavy (non-hydrogen) atoms. The van der Waals surface area contributed by atoms with Crippen molar-refractivity contribution in [1.29, 1.82) is 0 Å². The van der Waals surface area contributed by atoms with Crippen LogP contribution in [0, 0.1) is 0 Å². The fraction of sp³-hybridized carbons (Fsp3) is 0.233. The van der Waals surface area contributed by atoms with Crippen molar-refractivity contribution in [3.05, 3.63) is 94.5 Å². The molecule has 1 aromatic heterocycles. The van der Waals surface area contributed by atoms with E-state index >= 15 is 0 Å². The van der Waals surface area contributed by atoms with Gasteiger partial charge in [0.05, 0.1) is 35.6 Å². The first-order chi connectivity index (χ1) is 18.2. The van der Waals surface area contributed by atoms with E-state index in [0.29, 0.717) is 44.6 Å². The summed E-state index contributed by atoms with van der Waals surface area (Å²) in [4.78, 5) is 33.7. The fourth-order valence-electron chi connectivity index (χ4n) is 4.25. The van der Waals surface area contributed by atoms with Crippen LogP contribution in [0.5, 0.6) is 5.88 Å². The molecule has 0 spiro atoms. The highest BCUT2D eigenvalue weighted by Gasteiger charge is 2.22. The van der Waals surface area contributed by atoms with Gasteiger partial charge in [-0.2, -0.15) is 0 Å². The van der Waals surface area contributed by atoms with Gasteiger partial charge in [-0.05, 0) is 68.9 Å². The number of ether oxygens (including phenoxy) is 1. The number of H-pyrrole nitrogens is 1. The molecule has 0 radical (unpaired) electrons. The molecule has 1 heterocycles. The van der Waals surface area contributed by atoms with Crippen LogP contribution in [0.15, 0.2) is 71.7 Å². The number of carboxylic acids is 1. The van der Waals surface area contributed by atoms with Crippen molar-refractivity contribution in [2.75, 3.05) is 27.7 Å². The number of carbonyl (C=O) groups is 2. The number of hydrogen-bond acceptors (Lipinski definition) is 6. The smallest absolute Gasteiger partial charge is 0.337 e. The normalized spacial score (nSPS) is 12.6. The molecule has 4 rings (SSSR count). The Morgan fingerprint density at radius 3 is 2.42 bits per heavy atom. The third kappa shape index (κ3) is 5.76. The Kier molecular flexibility index (Phi) is 7.93. The van der Waals surface area contributed by atoms with Crippen LogP contribution < -0.4 is 0 Å². The van der Waals surface area contributed by atoms with Crippen molar-refractivity contribution in [3.8, 4) is 5.88 Å². The second-order valence-electron chi connectivity index (χ2n) is 9.47. The second kappa shape index (κ2) is 11.3. The molecule has 0 saturated heterocycles. The lowest BCUT2D eigenvalue weighted by molar-refractivity contribution is -0.138. The third-order valence-electron chi connectivity index (χ3n) is 6.49. The highest BCUT2D eigenvalue weighted by Crippen LogP contribution is 2.33. The van der Waals surface area contributed by atoms with Gasteiger partial charge < -0.3 is 24.8 Å². The Balaban J connectivity index is 1.86. The molecule has 1 unspecified atom stereocenters. The van der Waals surface area contributed by atoms with Crippen LogP contribution in [0.25, 0.3) is 10.9 Å². The van der Waals surface area contributed by atoms with Crippen LogP contribution in [0.3, 0.4) is 0 Å². The molecule has 0 amide bonds. The molecule has 8 nitrogen and oxygen atoms in total. The Morgan fingerprint density at radius 2 is 1.76 bits per heavy atom. The predicted molar refractivity (Wildman–Crippen MR) is 148 cm³/mol. The monoisotopic (exact) mass is 513 g/mol. The maximum absolute atomic E-state index is 12.0. The number of aliphatic imine (C=N–C) groups is 1. The van der Waals surface area contributed by atoms with Gasteiger partial charge in [0, 0.05) is 23.0 Å². The summed E-state index contributed by atoms with van der Waals surface area (Å²) in [6.45, 7) is 2.56. The summed E-state index contributed by atoms with van der Waals surface area (Å²) < 4.78 is 4.82. The van der Waals surface area contributed by atoms with Crippen molar-refractivity contribution in [1.82, 2.24) is 9.88 Å². The molecule has 3 aromatic carbocycles. The summed E-state index contributed by atoms with van der Waals surface area (Å²) in [5.74, 6) is -2.24. The lowest BCUT2D eigenvalue weighted by atomic mass is 9.94. The summed E-state index contributed by atoms with van der Waals surface area (Å²) in [6.07, 6.45) is 0.907. The summed E-state index contributed by atoms with van der Waals surface area (Å²) >= 11 is 0. The number of carbonyl (C=O) groups excluding carboxylic acids is 1. The van der Waals surface area contributed by atoms with Crippen molar-refractivity contribution < 1.29 is 24.5 Å². The number of fused-ring (bicyclic) bond motifs is 1. The van der Waals surface area contributed by atoms with Gasteiger partial charge in [-0.15, -0.1) is 0 Å². The minimum atomic E-state index is -0.931. The van der Waals surface area contributed by atoms with Gasteiger partial charge >= 0.3 is 11.9 Å². The first-order valence-corrected chi connectivity index (χ1v) is 12.3. The Labute approximate surface area is 221 Å². The second-order valence-corrected chi connectivity index (χ2v) is 9.47. The first-order valence-electron chi connectivity index (χ1n) is 12.3. The number of esters is 1. The topological polar surface area (TPSA) is 115 Å². The Hall–Kier alpha value is -4.43. The zero-order valence-corrected chi connectivity index (χ0v) is 21.9. The lowest BCUT2D eigenvalue weighted by Gasteiger charge is -2.12. The van der Waals surface area contributed by atoms with Crippen LogP contribution in [0.4, 0.5) is 5.69 Å². The number of likely N-dealkylation sites (N-methyl/N-ethyl adjacent to an activating group) is 1. The van der Waals surface area contributed by atoms with E-state index < -0.39 is 17.9 Å². The number of benzene rings is 3. The van der Waals surface area contributed by atoms with Crippen LogP contribution in [-0.4, -0.2) is 65.5 Å². The number of methoxy groups -OCH3 is 1. The van der Waals surface area contributed by atoms with E-state index in [-0.39, 0.29) is 5.88 Å². The zero-order chi connectivity index (χ0) is 27.4. The molecular formula is C30H31N3O5. The molecule has 0 aliphatic rings. The molecule has 4 aromatic rings. The number of nitrogens with one attached hydrogen (secondary N) is 1. The number of rotatable bonds is 9. The highest BCUT2D eigenvalue weighted by atomic mass is 16.5. The molecular weight excluding hydrogens is 482 g/mol. The largest absolute Gasteiger partial charge is 0.494 e. The van der Waals surface area contributed by atoms with Crippen LogP contribution in [-0.2, 0) is 16.0 Å². The van der Waals surface area contributed by atoms with Crippen LogP contribution in [0.2, 0.25) is 0 Å². The molecule has 0 aliphatic carbocycles. The minimum absolute atomic E-state index is 0.111. The van der Waals surface area contributed by atoms with Gasteiger partial charge in [-0.25, -0.2) is 9.79 Å².